The lowest BCUT2D eigenvalue weighted by atomic mass is 10.0. The summed E-state index contributed by atoms with van der Waals surface area (Å²) in [5.74, 6) is 0.963. The van der Waals surface area contributed by atoms with E-state index in [2.05, 4.69) is 26.1 Å². The van der Waals surface area contributed by atoms with Crippen LogP contribution in [0.2, 0.25) is 0 Å². The topological polar surface area (TPSA) is 41.6 Å². The lowest BCUT2D eigenvalue weighted by Crippen LogP contribution is -2.50. The minimum atomic E-state index is -0.449. The summed E-state index contributed by atoms with van der Waals surface area (Å²) in [6, 6.07) is 0. The molecule has 0 saturated heterocycles. The molecule has 0 atom stereocenters. The van der Waals surface area contributed by atoms with Crippen molar-refractivity contribution in [3.8, 4) is 0 Å². The monoisotopic (exact) mass is 326 g/mol. The van der Waals surface area contributed by atoms with Crippen molar-refractivity contribution in [1.82, 2.24) is 10.2 Å². The third-order valence-electron chi connectivity index (χ3n) is 4.38. The summed E-state index contributed by atoms with van der Waals surface area (Å²) >= 11 is 0. The van der Waals surface area contributed by atoms with E-state index >= 15 is 0 Å². The maximum absolute atomic E-state index is 12.4. The van der Waals surface area contributed by atoms with Gasteiger partial charge >= 0.3 is 6.09 Å². The lowest BCUT2D eigenvalue weighted by Gasteiger charge is -2.37. The van der Waals surface area contributed by atoms with E-state index in [-0.39, 0.29) is 11.6 Å². The minimum Gasteiger partial charge on any atom is -0.444 e. The van der Waals surface area contributed by atoms with Gasteiger partial charge in [-0.15, -0.1) is 0 Å². The van der Waals surface area contributed by atoms with Crippen LogP contribution in [0, 0.1) is 5.92 Å². The minimum absolute atomic E-state index is 0.224. The number of amides is 1. The molecule has 0 aromatic heterocycles. The van der Waals surface area contributed by atoms with Gasteiger partial charge in [-0.25, -0.2) is 4.79 Å². The molecule has 1 fully saturated rings. The van der Waals surface area contributed by atoms with Crippen LogP contribution in [0.25, 0.3) is 0 Å². The highest BCUT2D eigenvalue weighted by molar-refractivity contribution is 5.69. The Bertz CT molecular complexity index is 349. The Balaban J connectivity index is 2.27. The van der Waals surface area contributed by atoms with Crippen LogP contribution >= 0.6 is 0 Å². The zero-order chi connectivity index (χ0) is 17.5. The van der Waals surface area contributed by atoms with Crippen molar-refractivity contribution >= 4 is 6.09 Å². The van der Waals surface area contributed by atoms with Crippen LogP contribution in [0.1, 0.15) is 80.1 Å². The van der Waals surface area contributed by atoms with E-state index in [1.54, 1.807) is 0 Å². The molecular formula is C19H38N2O2. The SMILES string of the molecule is CC(C)(C)OC(=O)N(CCNCCCC1CCCC1)C(C)(C)C. The quantitative estimate of drug-likeness (QED) is 0.696. The van der Waals surface area contributed by atoms with E-state index in [0.717, 1.165) is 19.0 Å². The Kier molecular flexibility index (Phi) is 7.85. The number of ether oxygens (including phenoxy) is 1. The second-order valence-corrected chi connectivity index (χ2v) is 8.85. The Morgan fingerprint density at radius 1 is 1.09 bits per heavy atom. The molecule has 4 nitrogen and oxygen atoms in total. The van der Waals surface area contributed by atoms with E-state index in [1.165, 1.54) is 38.5 Å². The van der Waals surface area contributed by atoms with E-state index < -0.39 is 5.60 Å². The van der Waals surface area contributed by atoms with E-state index in [1.807, 2.05) is 25.7 Å². The molecular weight excluding hydrogens is 288 g/mol. The first-order valence-electron chi connectivity index (χ1n) is 9.31. The summed E-state index contributed by atoms with van der Waals surface area (Å²) in [4.78, 5) is 14.2. The predicted molar refractivity (Wildman–Crippen MR) is 96.8 cm³/mol. The average molecular weight is 327 g/mol. The van der Waals surface area contributed by atoms with Gasteiger partial charge in [-0.05, 0) is 66.8 Å². The van der Waals surface area contributed by atoms with Gasteiger partial charge in [0.1, 0.15) is 5.60 Å². The average Bonchev–Trinajstić information content (AvgIpc) is 2.86. The Morgan fingerprint density at radius 3 is 2.22 bits per heavy atom. The highest BCUT2D eigenvalue weighted by atomic mass is 16.6. The second-order valence-electron chi connectivity index (χ2n) is 8.85. The summed E-state index contributed by atoms with van der Waals surface area (Å²) < 4.78 is 5.53. The molecule has 0 bridgehead atoms. The standard InChI is InChI=1S/C19H38N2O2/c1-18(2,3)21(17(22)23-19(4,5)6)15-14-20-13-9-12-16-10-7-8-11-16/h16,20H,7-15H2,1-6H3. The first-order valence-corrected chi connectivity index (χ1v) is 9.31. The number of carbonyl (C=O) groups excluding carboxylic acids is 1. The van der Waals surface area contributed by atoms with Crippen LogP contribution in [-0.4, -0.2) is 41.8 Å². The summed E-state index contributed by atoms with van der Waals surface area (Å²) in [6.45, 7) is 14.4. The zero-order valence-electron chi connectivity index (χ0n) is 16.2. The van der Waals surface area contributed by atoms with Gasteiger partial charge in [0.05, 0.1) is 0 Å². The van der Waals surface area contributed by atoms with Crippen molar-refractivity contribution in [1.29, 1.82) is 0 Å². The predicted octanol–water partition coefficient (Wildman–Crippen LogP) is 4.58. The third kappa shape index (κ3) is 8.59. The fourth-order valence-corrected chi connectivity index (χ4v) is 3.15. The van der Waals surface area contributed by atoms with Crippen LogP contribution in [0.3, 0.4) is 0 Å². The molecule has 0 aromatic carbocycles. The van der Waals surface area contributed by atoms with Crippen LogP contribution < -0.4 is 5.32 Å². The first kappa shape index (κ1) is 20.3. The second kappa shape index (κ2) is 8.91. The molecule has 1 rings (SSSR count). The molecule has 1 aliphatic rings. The van der Waals surface area contributed by atoms with E-state index in [0.29, 0.717) is 6.54 Å². The van der Waals surface area contributed by atoms with Gasteiger partial charge in [-0.2, -0.15) is 0 Å². The number of carbonyl (C=O) groups is 1. The molecule has 23 heavy (non-hydrogen) atoms. The van der Waals surface area contributed by atoms with Gasteiger partial charge < -0.3 is 15.0 Å². The molecule has 0 radical (unpaired) electrons. The molecule has 0 aliphatic heterocycles. The number of nitrogens with zero attached hydrogens (tertiary/aromatic N) is 1. The van der Waals surface area contributed by atoms with Crippen LogP contribution in [0.15, 0.2) is 0 Å². The van der Waals surface area contributed by atoms with Crippen molar-refractivity contribution in [2.24, 2.45) is 5.92 Å². The van der Waals surface area contributed by atoms with Crippen LogP contribution in [-0.2, 0) is 4.74 Å². The molecule has 1 N–H and O–H groups in total. The number of rotatable bonds is 7. The normalized spacial score (nSPS) is 16.6. The van der Waals surface area contributed by atoms with Crippen molar-refractivity contribution in [3.05, 3.63) is 0 Å². The maximum Gasteiger partial charge on any atom is 0.410 e. The van der Waals surface area contributed by atoms with Gasteiger partial charge in [-0.3, -0.25) is 0 Å². The van der Waals surface area contributed by atoms with Gasteiger partial charge in [0.25, 0.3) is 0 Å². The van der Waals surface area contributed by atoms with Gasteiger partial charge in [-0.1, -0.05) is 25.7 Å². The smallest absolute Gasteiger partial charge is 0.410 e. The lowest BCUT2D eigenvalue weighted by molar-refractivity contribution is 0.00665. The van der Waals surface area contributed by atoms with Crippen molar-refractivity contribution in [2.45, 2.75) is 91.2 Å². The highest BCUT2D eigenvalue weighted by Gasteiger charge is 2.30. The first-order chi connectivity index (χ1) is 10.6. The molecule has 4 heteroatoms. The fraction of sp³-hybridized carbons (Fsp3) is 0.947. The molecule has 0 spiro atoms. The van der Waals surface area contributed by atoms with E-state index in [9.17, 15) is 4.79 Å². The molecule has 1 amide bonds. The Labute approximate surface area is 143 Å². The van der Waals surface area contributed by atoms with Crippen LogP contribution in [0.5, 0.6) is 0 Å². The molecule has 0 aromatic rings. The number of hydrogen-bond donors (Lipinski definition) is 1. The summed E-state index contributed by atoms with van der Waals surface area (Å²) in [7, 11) is 0. The third-order valence-corrected chi connectivity index (χ3v) is 4.38. The van der Waals surface area contributed by atoms with Gasteiger partial charge in [0, 0.05) is 18.6 Å². The zero-order valence-corrected chi connectivity index (χ0v) is 16.2. The summed E-state index contributed by atoms with van der Waals surface area (Å²) in [6.07, 6.45) is 8.07. The Morgan fingerprint density at radius 2 is 1.70 bits per heavy atom. The molecule has 136 valence electrons. The number of hydrogen-bond acceptors (Lipinski definition) is 3. The maximum atomic E-state index is 12.4. The van der Waals surface area contributed by atoms with Crippen molar-refractivity contribution in [2.75, 3.05) is 19.6 Å². The fourth-order valence-electron chi connectivity index (χ4n) is 3.15. The van der Waals surface area contributed by atoms with Crippen molar-refractivity contribution in [3.63, 3.8) is 0 Å². The highest BCUT2D eigenvalue weighted by Crippen LogP contribution is 2.28. The van der Waals surface area contributed by atoms with E-state index in [4.69, 9.17) is 4.74 Å². The van der Waals surface area contributed by atoms with Gasteiger partial charge in [0.2, 0.25) is 0 Å². The number of nitrogens with one attached hydrogen (secondary N) is 1. The van der Waals surface area contributed by atoms with Crippen LogP contribution in [0.4, 0.5) is 4.79 Å². The summed E-state index contributed by atoms with van der Waals surface area (Å²) in [5.41, 5.74) is -0.677. The molecule has 0 unspecified atom stereocenters. The Hall–Kier alpha value is -0.770. The van der Waals surface area contributed by atoms with Crippen molar-refractivity contribution < 1.29 is 9.53 Å². The molecule has 1 saturated carbocycles. The largest absolute Gasteiger partial charge is 0.444 e. The molecule has 1 aliphatic carbocycles. The summed E-state index contributed by atoms with van der Waals surface area (Å²) in [5, 5.41) is 3.48. The van der Waals surface area contributed by atoms with Gasteiger partial charge in [0.15, 0.2) is 0 Å². The molecule has 0 heterocycles.